The molecule has 7 nitrogen and oxygen atoms in total. The highest BCUT2D eigenvalue weighted by Crippen LogP contribution is 2.25. The van der Waals surface area contributed by atoms with Crippen LogP contribution in [-0.4, -0.2) is 20.9 Å². The Morgan fingerprint density at radius 1 is 1.00 bits per heavy atom. The fourth-order valence-electron chi connectivity index (χ4n) is 3.56. The number of fused-ring (bicyclic) bond motifs is 2. The number of benzene rings is 2. The van der Waals surface area contributed by atoms with Crippen LogP contribution in [0, 0.1) is 0 Å². The number of nitrogens with one attached hydrogen (secondary N) is 2. The van der Waals surface area contributed by atoms with Crippen LogP contribution in [0.5, 0.6) is 0 Å². The van der Waals surface area contributed by atoms with Gasteiger partial charge in [0, 0.05) is 23.5 Å². The van der Waals surface area contributed by atoms with Crippen LogP contribution in [0.25, 0.3) is 21.0 Å². The number of hydrogen-bond acceptors (Lipinski definition) is 7. The number of nitrogens with zero attached hydrogens (tertiary/aromatic N) is 3. The minimum atomic E-state index is -0.461. The van der Waals surface area contributed by atoms with Crippen LogP contribution >= 0.6 is 22.9 Å². The number of hydrogen-bond donors (Lipinski definition) is 3. The monoisotopic (exact) mass is 474 g/mol. The Bertz CT molecular complexity index is 1470. The molecule has 0 saturated heterocycles. The minimum absolute atomic E-state index is 0.00997. The van der Waals surface area contributed by atoms with Crippen molar-refractivity contribution in [2.24, 2.45) is 0 Å². The van der Waals surface area contributed by atoms with E-state index in [1.54, 1.807) is 0 Å². The van der Waals surface area contributed by atoms with E-state index in [1.165, 1.54) is 11.3 Å². The van der Waals surface area contributed by atoms with Gasteiger partial charge in [0.25, 0.3) is 5.91 Å². The number of nitrogen functional groups attached to an aromatic ring is 1. The van der Waals surface area contributed by atoms with Crippen LogP contribution in [0.3, 0.4) is 0 Å². The highest BCUT2D eigenvalue weighted by Gasteiger charge is 2.15. The molecule has 0 aliphatic heterocycles. The summed E-state index contributed by atoms with van der Waals surface area (Å²) in [7, 11) is 0. The summed E-state index contributed by atoms with van der Waals surface area (Å²) in [5.74, 6) is 0.265. The number of anilines is 2. The van der Waals surface area contributed by atoms with Crippen molar-refractivity contribution in [1.82, 2.24) is 20.3 Å². The molecule has 33 heavy (non-hydrogen) atoms. The Labute approximate surface area is 198 Å². The van der Waals surface area contributed by atoms with Crippen molar-refractivity contribution < 1.29 is 4.79 Å². The highest BCUT2D eigenvalue weighted by molar-refractivity contribution is 7.17. The first kappa shape index (κ1) is 21.3. The standard InChI is InChI=1S/C24H19ClN6OS/c25-16-7-5-14(6-8-16)12-27-13-19-17-4-2-1-3-15(17)11-20(28-19)30-24(32)23-29-18-9-10-33-21(18)22(26)31-23/h1-11,27H,12-13H2,(H2,26,29,31)(H,28,30,32). The van der Waals surface area contributed by atoms with Gasteiger partial charge in [-0.05, 0) is 40.6 Å². The Balaban J connectivity index is 1.38. The van der Waals surface area contributed by atoms with E-state index < -0.39 is 5.91 Å². The molecule has 2 aromatic carbocycles. The first-order valence-corrected chi connectivity index (χ1v) is 11.5. The number of rotatable bonds is 6. The van der Waals surface area contributed by atoms with E-state index in [1.807, 2.05) is 66.0 Å². The van der Waals surface area contributed by atoms with E-state index in [4.69, 9.17) is 17.3 Å². The van der Waals surface area contributed by atoms with E-state index in [0.717, 1.165) is 26.7 Å². The zero-order chi connectivity index (χ0) is 22.8. The Morgan fingerprint density at radius 3 is 2.67 bits per heavy atom. The molecule has 0 unspecified atom stereocenters. The quantitative estimate of drug-likeness (QED) is 0.319. The summed E-state index contributed by atoms with van der Waals surface area (Å²) < 4.78 is 0.768. The van der Waals surface area contributed by atoms with Gasteiger partial charge in [-0.1, -0.05) is 48.0 Å². The summed E-state index contributed by atoms with van der Waals surface area (Å²) in [5, 5.41) is 10.8. The Hall–Kier alpha value is -3.59. The van der Waals surface area contributed by atoms with E-state index in [0.29, 0.717) is 35.3 Å². The SMILES string of the molecule is Nc1nc(C(=O)Nc2cc3ccccc3c(CNCc3ccc(Cl)cc3)n2)nc2ccsc12. The van der Waals surface area contributed by atoms with Crippen molar-refractivity contribution >= 4 is 61.5 Å². The van der Waals surface area contributed by atoms with Gasteiger partial charge in [0.2, 0.25) is 5.82 Å². The zero-order valence-corrected chi connectivity index (χ0v) is 19.0. The molecule has 3 heterocycles. The van der Waals surface area contributed by atoms with Crippen molar-refractivity contribution in [3.63, 3.8) is 0 Å². The largest absolute Gasteiger partial charge is 0.382 e. The molecule has 0 saturated carbocycles. The summed E-state index contributed by atoms with van der Waals surface area (Å²) in [4.78, 5) is 26.0. The lowest BCUT2D eigenvalue weighted by Gasteiger charge is -2.11. The first-order chi connectivity index (χ1) is 16.1. The molecule has 0 radical (unpaired) electrons. The van der Waals surface area contributed by atoms with Gasteiger partial charge in [-0.3, -0.25) is 4.79 Å². The molecular weight excluding hydrogens is 456 g/mol. The smallest absolute Gasteiger partial charge is 0.294 e. The lowest BCUT2D eigenvalue weighted by atomic mass is 10.1. The molecule has 164 valence electrons. The second-order valence-corrected chi connectivity index (χ2v) is 8.78. The number of pyridine rings is 1. The number of carbonyl (C=O) groups excluding carboxylic acids is 1. The van der Waals surface area contributed by atoms with Crippen LogP contribution in [-0.2, 0) is 13.1 Å². The van der Waals surface area contributed by atoms with Gasteiger partial charge < -0.3 is 16.4 Å². The Morgan fingerprint density at radius 2 is 1.82 bits per heavy atom. The molecule has 0 aliphatic carbocycles. The number of carbonyl (C=O) groups is 1. The molecule has 0 fully saturated rings. The number of aromatic nitrogens is 3. The number of halogens is 1. The third kappa shape index (κ3) is 4.63. The van der Waals surface area contributed by atoms with Gasteiger partial charge in [0.15, 0.2) is 0 Å². The number of nitrogens with two attached hydrogens (primary N) is 1. The predicted octanol–water partition coefficient (Wildman–Crippen LogP) is 5.02. The fraction of sp³-hybridized carbons (Fsp3) is 0.0833. The lowest BCUT2D eigenvalue weighted by molar-refractivity contribution is 0.101. The molecule has 0 aliphatic rings. The molecule has 9 heteroatoms. The predicted molar refractivity (Wildman–Crippen MR) is 134 cm³/mol. The average Bonchev–Trinajstić information content (AvgIpc) is 3.30. The van der Waals surface area contributed by atoms with Crippen molar-refractivity contribution in [2.45, 2.75) is 13.1 Å². The van der Waals surface area contributed by atoms with Gasteiger partial charge in [0.1, 0.15) is 11.6 Å². The van der Waals surface area contributed by atoms with Gasteiger partial charge >= 0.3 is 0 Å². The third-order valence-electron chi connectivity index (χ3n) is 5.13. The van der Waals surface area contributed by atoms with Gasteiger partial charge in [0.05, 0.1) is 15.9 Å². The molecule has 0 bridgehead atoms. The molecule has 3 aromatic heterocycles. The maximum Gasteiger partial charge on any atom is 0.294 e. The summed E-state index contributed by atoms with van der Waals surface area (Å²) >= 11 is 7.40. The van der Waals surface area contributed by atoms with E-state index in [2.05, 4.69) is 25.6 Å². The van der Waals surface area contributed by atoms with Crippen molar-refractivity contribution in [2.75, 3.05) is 11.1 Å². The van der Waals surface area contributed by atoms with Crippen molar-refractivity contribution in [3.05, 3.63) is 88.1 Å². The second-order valence-electron chi connectivity index (χ2n) is 7.43. The molecule has 0 spiro atoms. The molecule has 5 rings (SSSR count). The van der Waals surface area contributed by atoms with Crippen molar-refractivity contribution in [1.29, 1.82) is 0 Å². The van der Waals surface area contributed by atoms with Gasteiger partial charge in [-0.15, -0.1) is 11.3 Å². The van der Waals surface area contributed by atoms with E-state index >= 15 is 0 Å². The molecule has 1 amide bonds. The first-order valence-electron chi connectivity index (χ1n) is 10.2. The topological polar surface area (TPSA) is 106 Å². The molecular formula is C24H19ClN6OS. The van der Waals surface area contributed by atoms with Crippen LogP contribution in [0.1, 0.15) is 21.9 Å². The van der Waals surface area contributed by atoms with Crippen LogP contribution in [0.2, 0.25) is 5.02 Å². The second kappa shape index (κ2) is 9.11. The van der Waals surface area contributed by atoms with Crippen molar-refractivity contribution in [3.8, 4) is 0 Å². The third-order valence-corrected chi connectivity index (χ3v) is 6.31. The fourth-order valence-corrected chi connectivity index (χ4v) is 4.42. The van der Waals surface area contributed by atoms with E-state index in [9.17, 15) is 4.79 Å². The van der Waals surface area contributed by atoms with Crippen LogP contribution < -0.4 is 16.4 Å². The molecule has 5 aromatic rings. The van der Waals surface area contributed by atoms with Gasteiger partial charge in [-0.25, -0.2) is 15.0 Å². The highest BCUT2D eigenvalue weighted by atomic mass is 35.5. The molecule has 4 N–H and O–H groups in total. The summed E-state index contributed by atoms with van der Waals surface area (Å²) in [6, 6.07) is 19.3. The minimum Gasteiger partial charge on any atom is -0.382 e. The molecule has 0 atom stereocenters. The van der Waals surface area contributed by atoms with Crippen LogP contribution in [0.4, 0.5) is 11.6 Å². The summed E-state index contributed by atoms with van der Waals surface area (Å²) in [6.07, 6.45) is 0. The number of thiophene rings is 1. The maximum absolute atomic E-state index is 12.9. The number of amides is 1. The summed E-state index contributed by atoms with van der Waals surface area (Å²) in [6.45, 7) is 1.19. The Kier molecular flexibility index (Phi) is 5.87. The zero-order valence-electron chi connectivity index (χ0n) is 17.4. The van der Waals surface area contributed by atoms with E-state index in [-0.39, 0.29) is 5.82 Å². The summed E-state index contributed by atoms with van der Waals surface area (Å²) in [5.41, 5.74) is 8.58. The maximum atomic E-state index is 12.9. The van der Waals surface area contributed by atoms with Gasteiger partial charge in [-0.2, -0.15) is 0 Å². The lowest BCUT2D eigenvalue weighted by Crippen LogP contribution is -2.19. The average molecular weight is 475 g/mol. The van der Waals surface area contributed by atoms with Crippen LogP contribution in [0.15, 0.2) is 66.0 Å². The normalized spacial score (nSPS) is 11.2.